The highest BCUT2D eigenvalue weighted by atomic mass is 19.4. The summed E-state index contributed by atoms with van der Waals surface area (Å²) in [5.74, 6) is -0.402. The van der Waals surface area contributed by atoms with Gasteiger partial charge in [-0.3, -0.25) is 4.79 Å². The van der Waals surface area contributed by atoms with E-state index in [4.69, 9.17) is 4.42 Å². The Morgan fingerprint density at radius 2 is 1.60 bits per heavy atom. The molecule has 4 aromatic rings. The van der Waals surface area contributed by atoms with Gasteiger partial charge in [-0.05, 0) is 36.4 Å². The van der Waals surface area contributed by atoms with Crippen molar-refractivity contribution in [2.75, 3.05) is 5.32 Å². The maximum absolute atomic E-state index is 13.0. The molecule has 8 heteroatoms. The zero-order chi connectivity index (χ0) is 21.1. The van der Waals surface area contributed by atoms with Crippen LogP contribution in [0, 0.1) is 0 Å². The molecule has 0 radical (unpaired) electrons. The number of amides is 1. The number of rotatable bonds is 4. The summed E-state index contributed by atoms with van der Waals surface area (Å²) >= 11 is 0. The maximum Gasteiger partial charge on any atom is 0.416 e. The third kappa shape index (κ3) is 4.22. The summed E-state index contributed by atoms with van der Waals surface area (Å²) in [7, 11) is 0. The minimum Gasteiger partial charge on any atom is -0.451 e. The third-order valence-electron chi connectivity index (χ3n) is 4.34. The maximum atomic E-state index is 13.0. The average molecular weight is 409 g/mol. The summed E-state index contributed by atoms with van der Waals surface area (Å²) in [6.07, 6.45) is -2.01. The Balaban J connectivity index is 1.56. The number of anilines is 1. The smallest absolute Gasteiger partial charge is 0.416 e. The second-order valence-corrected chi connectivity index (χ2v) is 6.39. The second kappa shape index (κ2) is 7.82. The van der Waals surface area contributed by atoms with E-state index in [0.29, 0.717) is 22.6 Å². The number of carbonyl (C=O) groups is 1. The highest BCUT2D eigenvalue weighted by molar-refractivity contribution is 6.02. The molecule has 0 aliphatic carbocycles. The summed E-state index contributed by atoms with van der Waals surface area (Å²) in [6.45, 7) is 0. The molecule has 2 heterocycles. The predicted octanol–water partition coefficient (Wildman–Crippen LogP) is 5.67. The molecule has 0 fully saturated rings. The molecule has 5 nitrogen and oxygen atoms in total. The molecule has 2 aromatic heterocycles. The van der Waals surface area contributed by atoms with Crippen LogP contribution in [0.3, 0.4) is 0 Å². The van der Waals surface area contributed by atoms with Crippen LogP contribution in [-0.2, 0) is 6.18 Å². The summed E-state index contributed by atoms with van der Waals surface area (Å²) in [6, 6.07) is 17.1. The van der Waals surface area contributed by atoms with Gasteiger partial charge >= 0.3 is 6.18 Å². The van der Waals surface area contributed by atoms with Gasteiger partial charge in [-0.25, -0.2) is 9.97 Å². The Morgan fingerprint density at radius 3 is 2.27 bits per heavy atom. The first-order chi connectivity index (χ1) is 14.4. The average Bonchev–Trinajstić information content (AvgIpc) is 3.29. The molecule has 30 heavy (non-hydrogen) atoms. The normalized spacial score (nSPS) is 11.3. The summed E-state index contributed by atoms with van der Waals surface area (Å²) in [4.78, 5) is 20.3. The van der Waals surface area contributed by atoms with Crippen molar-refractivity contribution < 1.29 is 22.4 Å². The largest absolute Gasteiger partial charge is 0.451 e. The molecule has 4 rings (SSSR count). The Bertz CT molecular complexity index is 1170. The number of aromatic nitrogens is 2. The van der Waals surface area contributed by atoms with Crippen molar-refractivity contribution >= 4 is 11.6 Å². The highest BCUT2D eigenvalue weighted by Crippen LogP contribution is 2.32. The number of pyridine rings is 1. The zero-order valence-electron chi connectivity index (χ0n) is 15.4. The monoisotopic (exact) mass is 409 g/mol. The van der Waals surface area contributed by atoms with Crippen molar-refractivity contribution in [1.29, 1.82) is 0 Å². The number of halogens is 3. The minimum atomic E-state index is -4.42. The SMILES string of the molecule is O=C(Nc1ccc(-c2cccc(-c3cccc(C(F)(F)F)c3)n2)cc1)c1cocn1. The van der Waals surface area contributed by atoms with E-state index in [0.717, 1.165) is 17.7 Å². The Kier molecular flexibility index (Phi) is 5.05. The van der Waals surface area contributed by atoms with Gasteiger partial charge in [0.15, 0.2) is 12.1 Å². The van der Waals surface area contributed by atoms with Gasteiger partial charge in [0.2, 0.25) is 0 Å². The number of nitrogens with zero attached hydrogens (tertiary/aromatic N) is 2. The van der Waals surface area contributed by atoms with Crippen LogP contribution in [0.4, 0.5) is 18.9 Å². The van der Waals surface area contributed by atoms with E-state index in [2.05, 4.69) is 15.3 Å². The van der Waals surface area contributed by atoms with Crippen molar-refractivity contribution in [3.05, 3.63) is 90.6 Å². The molecule has 150 valence electrons. The van der Waals surface area contributed by atoms with Crippen molar-refractivity contribution in [3.63, 3.8) is 0 Å². The zero-order valence-corrected chi connectivity index (χ0v) is 15.4. The summed E-state index contributed by atoms with van der Waals surface area (Å²) < 4.78 is 43.7. The molecular formula is C22H14F3N3O2. The van der Waals surface area contributed by atoms with Gasteiger partial charge in [-0.1, -0.05) is 30.3 Å². The molecule has 1 amide bonds. The number of hydrogen-bond acceptors (Lipinski definition) is 4. The Labute approximate surface area is 169 Å². The fraction of sp³-hybridized carbons (Fsp3) is 0.0455. The molecule has 0 aliphatic heterocycles. The van der Waals surface area contributed by atoms with Gasteiger partial charge in [0.1, 0.15) is 6.26 Å². The topological polar surface area (TPSA) is 68.0 Å². The van der Waals surface area contributed by atoms with E-state index in [-0.39, 0.29) is 5.69 Å². The molecule has 0 atom stereocenters. The van der Waals surface area contributed by atoms with Gasteiger partial charge in [0.25, 0.3) is 5.91 Å². The highest BCUT2D eigenvalue weighted by Gasteiger charge is 2.30. The summed E-state index contributed by atoms with van der Waals surface area (Å²) in [5.41, 5.74) is 2.16. The first-order valence-corrected chi connectivity index (χ1v) is 8.85. The lowest BCUT2D eigenvalue weighted by Gasteiger charge is -2.10. The molecule has 0 aliphatic rings. The van der Waals surface area contributed by atoms with E-state index in [1.807, 2.05) is 0 Å². The van der Waals surface area contributed by atoms with Gasteiger partial charge in [0.05, 0.1) is 17.0 Å². The lowest BCUT2D eigenvalue weighted by Crippen LogP contribution is -2.11. The number of oxazole rings is 1. The second-order valence-electron chi connectivity index (χ2n) is 6.39. The molecule has 0 saturated heterocycles. The number of hydrogen-bond donors (Lipinski definition) is 1. The number of alkyl halides is 3. The van der Waals surface area contributed by atoms with Crippen molar-refractivity contribution in [3.8, 4) is 22.5 Å². The minimum absolute atomic E-state index is 0.162. The van der Waals surface area contributed by atoms with Crippen LogP contribution in [0.1, 0.15) is 16.1 Å². The Morgan fingerprint density at radius 1 is 0.900 bits per heavy atom. The first kappa shape index (κ1) is 19.4. The lowest BCUT2D eigenvalue weighted by atomic mass is 10.1. The number of nitrogens with one attached hydrogen (secondary N) is 1. The molecule has 1 N–H and O–H groups in total. The summed E-state index contributed by atoms with van der Waals surface area (Å²) in [5, 5.41) is 2.69. The van der Waals surface area contributed by atoms with Gasteiger partial charge < -0.3 is 9.73 Å². The van der Waals surface area contributed by atoms with Crippen LogP contribution < -0.4 is 5.32 Å². The molecule has 0 bridgehead atoms. The van der Waals surface area contributed by atoms with Crippen LogP contribution in [0.5, 0.6) is 0 Å². The van der Waals surface area contributed by atoms with E-state index < -0.39 is 17.6 Å². The van der Waals surface area contributed by atoms with Gasteiger partial charge in [-0.2, -0.15) is 13.2 Å². The molecule has 0 saturated carbocycles. The van der Waals surface area contributed by atoms with E-state index in [9.17, 15) is 18.0 Å². The fourth-order valence-electron chi connectivity index (χ4n) is 2.86. The van der Waals surface area contributed by atoms with Crippen LogP contribution in [0.15, 0.2) is 83.8 Å². The standard InChI is InChI=1S/C22H14F3N3O2/c23-22(24,25)16-4-1-3-15(11-16)19-6-2-5-18(28-19)14-7-9-17(10-8-14)27-21(29)20-12-30-13-26-20/h1-13H,(H,27,29). The van der Waals surface area contributed by atoms with Crippen LogP contribution >= 0.6 is 0 Å². The van der Waals surface area contributed by atoms with Crippen molar-refractivity contribution in [2.45, 2.75) is 6.18 Å². The Hall–Kier alpha value is -3.94. The van der Waals surface area contributed by atoms with Crippen molar-refractivity contribution in [1.82, 2.24) is 9.97 Å². The van der Waals surface area contributed by atoms with Gasteiger partial charge in [-0.15, -0.1) is 0 Å². The predicted molar refractivity (Wildman–Crippen MR) is 105 cm³/mol. The first-order valence-electron chi connectivity index (χ1n) is 8.85. The van der Waals surface area contributed by atoms with Crippen LogP contribution in [0.25, 0.3) is 22.5 Å². The molecule has 0 unspecified atom stereocenters. The lowest BCUT2D eigenvalue weighted by molar-refractivity contribution is -0.137. The molecule has 2 aromatic carbocycles. The van der Waals surface area contributed by atoms with E-state index in [1.54, 1.807) is 48.5 Å². The van der Waals surface area contributed by atoms with E-state index in [1.165, 1.54) is 18.7 Å². The number of carbonyl (C=O) groups excluding carboxylic acids is 1. The van der Waals surface area contributed by atoms with Crippen LogP contribution in [0.2, 0.25) is 0 Å². The quantitative estimate of drug-likeness (QED) is 0.471. The number of benzene rings is 2. The fourth-order valence-corrected chi connectivity index (χ4v) is 2.86. The van der Waals surface area contributed by atoms with Crippen LogP contribution in [-0.4, -0.2) is 15.9 Å². The molecular weight excluding hydrogens is 395 g/mol. The third-order valence-corrected chi connectivity index (χ3v) is 4.34. The van der Waals surface area contributed by atoms with E-state index >= 15 is 0 Å². The molecule has 0 spiro atoms. The van der Waals surface area contributed by atoms with Crippen molar-refractivity contribution in [2.24, 2.45) is 0 Å². The van der Waals surface area contributed by atoms with Gasteiger partial charge in [0, 0.05) is 16.8 Å².